The molecule has 0 aliphatic heterocycles. The number of rotatable bonds is 0. The van der Waals surface area contributed by atoms with E-state index in [9.17, 15) is 0 Å². The molecule has 0 saturated carbocycles. The summed E-state index contributed by atoms with van der Waals surface area (Å²) in [6.07, 6.45) is 10.9. The van der Waals surface area contributed by atoms with Crippen molar-refractivity contribution in [1.82, 2.24) is 0 Å². The molecule has 0 nitrogen and oxygen atoms in total. The zero-order valence-electron chi connectivity index (χ0n) is 11.4. The van der Waals surface area contributed by atoms with E-state index < -0.39 is 0 Å². The zero-order valence-corrected chi connectivity index (χ0v) is 11.4. The van der Waals surface area contributed by atoms with Gasteiger partial charge in [0.25, 0.3) is 0 Å². The Hall–Kier alpha value is -2.08. The SMILES string of the molecule is C1=CC2=c3ccc4c(c3CC2CC1)C=c1ccccc1=4. The summed E-state index contributed by atoms with van der Waals surface area (Å²) in [4.78, 5) is 0. The van der Waals surface area contributed by atoms with Crippen LogP contribution in [0.25, 0.3) is 11.6 Å². The normalized spacial score (nSPS) is 21.0. The number of allylic oxidation sites excluding steroid dienone is 2. The van der Waals surface area contributed by atoms with Crippen LogP contribution >= 0.6 is 0 Å². The molecule has 0 heteroatoms. The van der Waals surface area contributed by atoms with E-state index in [-0.39, 0.29) is 0 Å². The lowest BCUT2D eigenvalue weighted by Crippen LogP contribution is -2.08. The Bertz CT molecular complexity index is 974. The predicted octanol–water partition coefficient (Wildman–Crippen LogP) is 2.79. The first-order valence-electron chi connectivity index (χ1n) is 7.55. The minimum Gasteiger partial charge on any atom is -0.0842 e. The lowest BCUT2D eigenvalue weighted by atomic mass is 9.90. The highest BCUT2D eigenvalue weighted by Crippen LogP contribution is 2.33. The van der Waals surface area contributed by atoms with Gasteiger partial charge < -0.3 is 0 Å². The molecule has 0 fully saturated rings. The number of hydrogen-bond donors (Lipinski definition) is 0. The fourth-order valence-corrected chi connectivity index (χ4v) is 4.15. The van der Waals surface area contributed by atoms with Gasteiger partial charge in [-0.2, -0.15) is 0 Å². The summed E-state index contributed by atoms with van der Waals surface area (Å²) >= 11 is 0. The molecule has 5 rings (SSSR count). The van der Waals surface area contributed by atoms with E-state index in [0.29, 0.717) is 0 Å². The van der Waals surface area contributed by atoms with Crippen LogP contribution < -0.4 is 10.4 Å². The first-order valence-corrected chi connectivity index (χ1v) is 7.55. The van der Waals surface area contributed by atoms with E-state index in [2.05, 4.69) is 54.6 Å². The minimum atomic E-state index is 0.763. The zero-order chi connectivity index (χ0) is 13.1. The molecule has 0 N–H and O–H groups in total. The van der Waals surface area contributed by atoms with Crippen molar-refractivity contribution < 1.29 is 0 Å². The van der Waals surface area contributed by atoms with Gasteiger partial charge in [0.15, 0.2) is 0 Å². The third kappa shape index (κ3) is 1.27. The second-order valence-corrected chi connectivity index (χ2v) is 6.12. The Labute approximate surface area is 118 Å². The van der Waals surface area contributed by atoms with E-state index in [1.54, 1.807) is 11.1 Å². The summed E-state index contributed by atoms with van der Waals surface area (Å²) in [6.45, 7) is 0. The van der Waals surface area contributed by atoms with Crippen LogP contribution in [0.4, 0.5) is 0 Å². The highest BCUT2D eigenvalue weighted by atomic mass is 14.3. The van der Waals surface area contributed by atoms with E-state index in [4.69, 9.17) is 0 Å². The van der Waals surface area contributed by atoms with Crippen LogP contribution in [-0.2, 0) is 6.42 Å². The summed E-state index contributed by atoms with van der Waals surface area (Å²) in [5, 5.41) is 5.73. The van der Waals surface area contributed by atoms with Gasteiger partial charge >= 0.3 is 0 Å². The molecule has 0 radical (unpaired) electrons. The van der Waals surface area contributed by atoms with Gasteiger partial charge in [0.2, 0.25) is 0 Å². The van der Waals surface area contributed by atoms with Gasteiger partial charge in [0, 0.05) is 0 Å². The Morgan fingerprint density at radius 3 is 2.80 bits per heavy atom. The topological polar surface area (TPSA) is 0 Å². The lowest BCUT2D eigenvalue weighted by Gasteiger charge is -2.15. The fraction of sp³-hybridized carbons (Fsp3) is 0.200. The molecule has 3 aliphatic carbocycles. The second-order valence-electron chi connectivity index (χ2n) is 6.12. The van der Waals surface area contributed by atoms with Gasteiger partial charge in [-0.05, 0) is 68.8 Å². The van der Waals surface area contributed by atoms with Gasteiger partial charge in [-0.15, -0.1) is 0 Å². The quantitative estimate of drug-likeness (QED) is 0.580. The van der Waals surface area contributed by atoms with Crippen molar-refractivity contribution >= 4 is 11.6 Å². The molecule has 0 heterocycles. The monoisotopic (exact) mass is 256 g/mol. The molecular weight excluding hydrogens is 240 g/mol. The molecule has 0 aromatic heterocycles. The molecule has 20 heavy (non-hydrogen) atoms. The Balaban J connectivity index is 1.94. The lowest BCUT2D eigenvalue weighted by molar-refractivity contribution is 0.617. The average Bonchev–Trinajstić information content (AvgIpc) is 3.05. The van der Waals surface area contributed by atoms with Crippen molar-refractivity contribution in [3.63, 3.8) is 0 Å². The first kappa shape index (κ1) is 10.7. The third-order valence-electron chi connectivity index (χ3n) is 5.09. The van der Waals surface area contributed by atoms with Crippen LogP contribution in [0.5, 0.6) is 0 Å². The molecule has 0 spiro atoms. The molecule has 0 amide bonds. The summed E-state index contributed by atoms with van der Waals surface area (Å²) in [7, 11) is 0. The molecule has 0 bridgehead atoms. The largest absolute Gasteiger partial charge is 0.0842 e. The van der Waals surface area contributed by atoms with Crippen LogP contribution in [-0.4, -0.2) is 0 Å². The summed E-state index contributed by atoms with van der Waals surface area (Å²) in [5.41, 5.74) is 4.66. The standard InChI is InChI=1S/C20H16/c1-3-7-15-13(5-1)11-19-17(15)9-10-18-16-8-4-2-6-14(16)12-20(18)19/h1,3-5,7-11,14H,2,6,12H2. The number of benzene rings is 2. The molecule has 2 aromatic rings. The highest BCUT2D eigenvalue weighted by Gasteiger charge is 2.25. The Morgan fingerprint density at radius 1 is 0.900 bits per heavy atom. The van der Waals surface area contributed by atoms with Crippen molar-refractivity contribution in [2.75, 3.05) is 0 Å². The molecule has 96 valence electrons. The van der Waals surface area contributed by atoms with Gasteiger partial charge in [-0.1, -0.05) is 48.6 Å². The summed E-state index contributed by atoms with van der Waals surface area (Å²) in [6, 6.07) is 13.4. The van der Waals surface area contributed by atoms with E-state index >= 15 is 0 Å². The van der Waals surface area contributed by atoms with Crippen LogP contribution in [0, 0.1) is 16.4 Å². The average molecular weight is 256 g/mol. The molecule has 1 atom stereocenters. The Morgan fingerprint density at radius 2 is 1.80 bits per heavy atom. The van der Waals surface area contributed by atoms with Gasteiger partial charge in [-0.3, -0.25) is 0 Å². The smallest absolute Gasteiger partial charge is 0.0102 e. The maximum Gasteiger partial charge on any atom is -0.0102 e. The van der Waals surface area contributed by atoms with Crippen LogP contribution in [0.2, 0.25) is 0 Å². The van der Waals surface area contributed by atoms with Crippen molar-refractivity contribution in [2.24, 2.45) is 5.92 Å². The predicted molar refractivity (Wildman–Crippen MR) is 82.3 cm³/mol. The van der Waals surface area contributed by atoms with Crippen LogP contribution in [0.3, 0.4) is 0 Å². The van der Waals surface area contributed by atoms with Gasteiger partial charge in [-0.25, -0.2) is 0 Å². The number of fused-ring (bicyclic) bond motifs is 5. The van der Waals surface area contributed by atoms with Crippen LogP contribution in [0.15, 0.2) is 48.6 Å². The van der Waals surface area contributed by atoms with Gasteiger partial charge in [0.1, 0.15) is 0 Å². The molecule has 1 unspecified atom stereocenters. The van der Waals surface area contributed by atoms with Crippen molar-refractivity contribution in [3.05, 3.63) is 80.6 Å². The van der Waals surface area contributed by atoms with E-state index in [0.717, 1.165) is 5.92 Å². The summed E-state index contributed by atoms with van der Waals surface area (Å²) in [5.74, 6) is 0.763. The second kappa shape index (κ2) is 3.73. The van der Waals surface area contributed by atoms with Crippen molar-refractivity contribution in [2.45, 2.75) is 19.3 Å². The van der Waals surface area contributed by atoms with Crippen molar-refractivity contribution in [1.29, 1.82) is 0 Å². The van der Waals surface area contributed by atoms with Crippen LogP contribution in [0.1, 0.15) is 24.0 Å². The Kier molecular flexibility index (Phi) is 1.99. The molecule has 2 aromatic carbocycles. The summed E-state index contributed by atoms with van der Waals surface area (Å²) < 4.78 is 0. The highest BCUT2D eigenvalue weighted by molar-refractivity contribution is 5.70. The minimum absolute atomic E-state index is 0.763. The van der Waals surface area contributed by atoms with Gasteiger partial charge in [0.05, 0.1) is 0 Å². The molecule has 3 aliphatic rings. The maximum atomic E-state index is 2.39. The fourth-order valence-electron chi connectivity index (χ4n) is 4.15. The van der Waals surface area contributed by atoms with E-state index in [1.165, 1.54) is 45.7 Å². The van der Waals surface area contributed by atoms with Crippen molar-refractivity contribution in [3.8, 4) is 0 Å². The third-order valence-corrected chi connectivity index (χ3v) is 5.09. The maximum absolute atomic E-state index is 2.39. The molecular formula is C20H16. The molecule has 0 saturated heterocycles. The van der Waals surface area contributed by atoms with E-state index in [1.807, 2.05) is 0 Å². The first-order chi connectivity index (χ1) is 9.92. The number of hydrogen-bond acceptors (Lipinski definition) is 0.